The summed E-state index contributed by atoms with van der Waals surface area (Å²) < 4.78 is 5.62. The molecule has 1 saturated carbocycles. The molecule has 0 amide bonds. The van der Waals surface area contributed by atoms with Gasteiger partial charge in [0.15, 0.2) is 0 Å². The summed E-state index contributed by atoms with van der Waals surface area (Å²) in [5.41, 5.74) is 6.54. The highest BCUT2D eigenvalue weighted by molar-refractivity contribution is 5.52. The van der Waals surface area contributed by atoms with E-state index in [1.165, 1.54) is 34.2 Å². The zero-order valence-corrected chi connectivity index (χ0v) is 13.0. The summed E-state index contributed by atoms with van der Waals surface area (Å²) in [5, 5.41) is 9.81. The van der Waals surface area contributed by atoms with Gasteiger partial charge >= 0.3 is 0 Å². The second-order valence-electron chi connectivity index (χ2n) is 6.76. The molecule has 2 nitrogen and oxygen atoms in total. The molecule has 1 heterocycles. The van der Waals surface area contributed by atoms with E-state index >= 15 is 0 Å². The van der Waals surface area contributed by atoms with Crippen molar-refractivity contribution >= 4 is 0 Å². The van der Waals surface area contributed by atoms with Gasteiger partial charge in [0, 0.05) is 0 Å². The van der Waals surface area contributed by atoms with Gasteiger partial charge < -0.3 is 4.74 Å². The van der Waals surface area contributed by atoms with Crippen LogP contribution in [0.25, 0.3) is 0 Å². The van der Waals surface area contributed by atoms with E-state index in [9.17, 15) is 5.26 Å². The summed E-state index contributed by atoms with van der Waals surface area (Å²) in [6.07, 6.45) is 3.23. The van der Waals surface area contributed by atoms with Crippen molar-refractivity contribution in [3.05, 3.63) is 33.9 Å². The number of rotatable bonds is 2. The van der Waals surface area contributed by atoms with E-state index in [1.807, 2.05) is 0 Å². The molecule has 1 saturated heterocycles. The smallest absolute Gasteiger partial charge is 0.0715 e. The van der Waals surface area contributed by atoms with E-state index in [2.05, 4.69) is 39.8 Å². The summed E-state index contributed by atoms with van der Waals surface area (Å²) in [6.45, 7) is 10.2. The number of hydrogen-bond acceptors (Lipinski definition) is 2. The number of nitrogens with zero attached hydrogens (tertiary/aromatic N) is 1. The van der Waals surface area contributed by atoms with Crippen molar-refractivity contribution in [3.8, 4) is 6.07 Å². The van der Waals surface area contributed by atoms with E-state index in [-0.39, 0.29) is 10.8 Å². The van der Waals surface area contributed by atoms with E-state index < -0.39 is 0 Å². The molecule has 1 aromatic carbocycles. The number of nitriles is 1. The first-order valence-corrected chi connectivity index (χ1v) is 7.54. The van der Waals surface area contributed by atoms with Crippen LogP contribution in [-0.2, 0) is 10.2 Å². The molecule has 2 heteroatoms. The summed E-state index contributed by atoms with van der Waals surface area (Å²) in [4.78, 5) is 0. The molecule has 20 heavy (non-hydrogen) atoms. The van der Waals surface area contributed by atoms with Crippen molar-refractivity contribution in [3.63, 3.8) is 0 Å². The van der Waals surface area contributed by atoms with Gasteiger partial charge in [-0.1, -0.05) is 12.5 Å². The number of hydrogen-bond donors (Lipinski definition) is 0. The summed E-state index contributed by atoms with van der Waals surface area (Å²) in [7, 11) is 0. The Kier molecular flexibility index (Phi) is 2.95. The van der Waals surface area contributed by atoms with Crippen molar-refractivity contribution in [2.45, 2.75) is 52.4 Å². The average molecular weight is 269 g/mol. The average Bonchev–Trinajstić information content (AvgIpc) is 2.31. The highest BCUT2D eigenvalue weighted by Gasteiger charge is 2.61. The fraction of sp³-hybridized carbons (Fsp3) is 0.611. The van der Waals surface area contributed by atoms with Gasteiger partial charge in [-0.05, 0) is 68.4 Å². The summed E-state index contributed by atoms with van der Waals surface area (Å²) in [5.74, 6) is 0. The van der Waals surface area contributed by atoms with Crippen LogP contribution in [0.15, 0.2) is 6.07 Å². The molecule has 0 spiro atoms. The fourth-order valence-electron chi connectivity index (χ4n) is 4.13. The minimum absolute atomic E-state index is 0.0645. The molecule has 0 atom stereocenters. The maximum absolute atomic E-state index is 9.81. The third kappa shape index (κ3) is 1.48. The Balaban J connectivity index is 2.24. The number of aryl methyl sites for hydroxylation is 2. The lowest BCUT2D eigenvalue weighted by molar-refractivity contribution is -0.135. The highest BCUT2D eigenvalue weighted by atomic mass is 16.5. The SMILES string of the molecule is Cc1cc(C)c(C)c(C2(C3(C#N)CCC3)COC2)c1C. The van der Waals surface area contributed by atoms with Gasteiger partial charge in [-0.15, -0.1) is 0 Å². The Morgan fingerprint density at radius 2 is 1.60 bits per heavy atom. The van der Waals surface area contributed by atoms with E-state index in [1.54, 1.807) is 0 Å². The molecule has 0 N–H and O–H groups in total. The van der Waals surface area contributed by atoms with Crippen LogP contribution < -0.4 is 0 Å². The van der Waals surface area contributed by atoms with E-state index in [4.69, 9.17) is 4.74 Å². The first kappa shape index (κ1) is 13.6. The van der Waals surface area contributed by atoms with Gasteiger partial charge in [0.2, 0.25) is 0 Å². The Hall–Kier alpha value is -1.33. The minimum Gasteiger partial charge on any atom is -0.379 e. The van der Waals surface area contributed by atoms with Gasteiger partial charge in [0.05, 0.1) is 30.1 Å². The molecular formula is C18H23NO. The quantitative estimate of drug-likeness (QED) is 0.816. The molecule has 0 bridgehead atoms. The molecule has 0 radical (unpaired) electrons. The van der Waals surface area contributed by atoms with Crippen LogP contribution in [0.1, 0.15) is 47.1 Å². The Bertz CT molecular complexity index is 575. The lowest BCUT2D eigenvalue weighted by atomic mass is 9.49. The predicted octanol–water partition coefficient (Wildman–Crippen LogP) is 3.88. The Labute approximate surface area is 121 Å². The van der Waals surface area contributed by atoms with Crippen molar-refractivity contribution < 1.29 is 4.74 Å². The van der Waals surface area contributed by atoms with Crippen molar-refractivity contribution in [1.82, 2.24) is 0 Å². The molecule has 2 aliphatic rings. The zero-order valence-electron chi connectivity index (χ0n) is 13.0. The highest BCUT2D eigenvalue weighted by Crippen LogP contribution is 2.59. The standard InChI is InChI=1S/C18H23NO/c1-12-8-13(2)15(4)16(14(12)3)18(10-20-11-18)17(9-19)6-5-7-17/h8H,5-7,10-11H2,1-4H3. The second-order valence-corrected chi connectivity index (χ2v) is 6.76. The Morgan fingerprint density at radius 3 is 1.90 bits per heavy atom. The zero-order chi connectivity index (χ0) is 14.5. The molecular weight excluding hydrogens is 246 g/mol. The fourth-order valence-corrected chi connectivity index (χ4v) is 4.13. The largest absolute Gasteiger partial charge is 0.379 e. The van der Waals surface area contributed by atoms with Crippen molar-refractivity contribution in [2.24, 2.45) is 5.41 Å². The van der Waals surface area contributed by atoms with Crippen molar-refractivity contribution in [1.29, 1.82) is 5.26 Å². The lowest BCUT2D eigenvalue weighted by Crippen LogP contribution is -2.61. The van der Waals surface area contributed by atoms with E-state index in [0.29, 0.717) is 13.2 Å². The minimum atomic E-state index is -0.193. The topological polar surface area (TPSA) is 33.0 Å². The maximum atomic E-state index is 9.81. The molecule has 1 aliphatic heterocycles. The van der Waals surface area contributed by atoms with E-state index in [0.717, 1.165) is 12.8 Å². The maximum Gasteiger partial charge on any atom is 0.0715 e. The molecule has 0 unspecified atom stereocenters. The van der Waals surface area contributed by atoms with Gasteiger partial charge in [0.1, 0.15) is 0 Å². The van der Waals surface area contributed by atoms with Gasteiger partial charge in [0.25, 0.3) is 0 Å². The molecule has 2 fully saturated rings. The van der Waals surface area contributed by atoms with Crippen molar-refractivity contribution in [2.75, 3.05) is 13.2 Å². The van der Waals surface area contributed by atoms with Gasteiger partial charge in [-0.3, -0.25) is 0 Å². The number of ether oxygens (including phenoxy) is 1. The molecule has 1 aromatic rings. The lowest BCUT2D eigenvalue weighted by Gasteiger charge is -2.57. The van der Waals surface area contributed by atoms with Crippen LogP contribution >= 0.6 is 0 Å². The van der Waals surface area contributed by atoms with Crippen LogP contribution in [0.5, 0.6) is 0 Å². The van der Waals surface area contributed by atoms with Crippen LogP contribution in [0.4, 0.5) is 0 Å². The normalized spacial score (nSPS) is 22.6. The van der Waals surface area contributed by atoms with Crippen LogP contribution in [0, 0.1) is 44.4 Å². The van der Waals surface area contributed by atoms with Crippen LogP contribution in [-0.4, -0.2) is 13.2 Å². The second kappa shape index (κ2) is 4.33. The predicted molar refractivity (Wildman–Crippen MR) is 79.8 cm³/mol. The molecule has 0 aromatic heterocycles. The van der Waals surface area contributed by atoms with Gasteiger partial charge in [-0.2, -0.15) is 5.26 Å². The monoisotopic (exact) mass is 269 g/mol. The van der Waals surface area contributed by atoms with Crippen LogP contribution in [0.3, 0.4) is 0 Å². The summed E-state index contributed by atoms with van der Waals surface area (Å²) in [6, 6.07) is 4.93. The van der Waals surface area contributed by atoms with Gasteiger partial charge in [-0.25, -0.2) is 0 Å². The van der Waals surface area contributed by atoms with Crippen LogP contribution in [0.2, 0.25) is 0 Å². The third-order valence-electron chi connectivity index (χ3n) is 5.88. The molecule has 106 valence electrons. The Morgan fingerprint density at radius 1 is 1.05 bits per heavy atom. The number of benzene rings is 1. The molecule has 1 aliphatic carbocycles. The first-order valence-electron chi connectivity index (χ1n) is 7.54. The summed E-state index contributed by atoms with van der Waals surface area (Å²) >= 11 is 0. The third-order valence-corrected chi connectivity index (χ3v) is 5.88. The molecule has 3 rings (SSSR count). The first-order chi connectivity index (χ1) is 9.47.